The van der Waals surface area contributed by atoms with Crippen molar-refractivity contribution in [2.45, 2.75) is 45.6 Å². The maximum absolute atomic E-state index is 12.7. The molecule has 2 N–H and O–H groups in total. The Bertz CT molecular complexity index is 369. The molecule has 2 aliphatic heterocycles. The van der Waals surface area contributed by atoms with Crippen LogP contribution in [-0.2, 0) is 4.79 Å². The van der Waals surface area contributed by atoms with Crippen molar-refractivity contribution in [2.24, 2.45) is 11.3 Å². The molecule has 7 heteroatoms. The van der Waals surface area contributed by atoms with Gasteiger partial charge in [0.2, 0.25) is 5.91 Å². The second-order valence-electron chi connectivity index (χ2n) is 7.62. The maximum atomic E-state index is 12.7. The summed E-state index contributed by atoms with van der Waals surface area (Å²) in [5.74, 6) is 0.894. The first-order chi connectivity index (χ1) is 10.4. The molecule has 2 fully saturated rings. The van der Waals surface area contributed by atoms with Crippen LogP contribution in [-0.4, -0.2) is 73.2 Å². The summed E-state index contributed by atoms with van der Waals surface area (Å²) >= 11 is 0. The fraction of sp³-hybridized carbons (Fsp3) is 0.941. The lowest BCUT2D eigenvalue weighted by molar-refractivity contribution is -0.141. The van der Waals surface area contributed by atoms with Gasteiger partial charge in [0.15, 0.2) is 0 Å². The summed E-state index contributed by atoms with van der Waals surface area (Å²) in [5, 5.41) is 12.8. The van der Waals surface area contributed by atoms with Crippen LogP contribution in [0.5, 0.6) is 0 Å². The molecule has 0 saturated carbocycles. The number of carbonyl (C=O) groups excluding carboxylic acids is 1. The molecule has 0 aromatic rings. The minimum Gasteiger partial charge on any atom is -0.392 e. The van der Waals surface area contributed by atoms with Gasteiger partial charge in [0.25, 0.3) is 0 Å². The van der Waals surface area contributed by atoms with Gasteiger partial charge in [0.1, 0.15) is 0 Å². The van der Waals surface area contributed by atoms with Gasteiger partial charge in [-0.2, -0.15) is 0 Å². The number of aliphatic hydroxyl groups is 1. The molecule has 2 aliphatic rings. The van der Waals surface area contributed by atoms with Gasteiger partial charge >= 0.3 is 0 Å². The van der Waals surface area contributed by atoms with Crippen molar-refractivity contribution in [3.8, 4) is 0 Å². The molecule has 2 heterocycles. The summed E-state index contributed by atoms with van der Waals surface area (Å²) in [6.45, 7) is 9.51. The molecule has 144 valence electrons. The molecule has 2 unspecified atom stereocenters. The Morgan fingerprint density at radius 1 is 1.38 bits per heavy atom. The van der Waals surface area contributed by atoms with Crippen molar-refractivity contribution in [3.05, 3.63) is 0 Å². The molecular formula is C17H35Cl2N3O2. The first-order valence-corrected chi connectivity index (χ1v) is 8.77. The SMILES string of the molecule is CC(O)CN1CCC(CN(C)C(=O)C2(C)CCCNC2)CC1.Cl.Cl. The molecule has 0 radical (unpaired) electrons. The Morgan fingerprint density at radius 3 is 2.50 bits per heavy atom. The second-order valence-corrected chi connectivity index (χ2v) is 7.62. The van der Waals surface area contributed by atoms with Crippen LogP contribution in [0.15, 0.2) is 0 Å². The summed E-state index contributed by atoms with van der Waals surface area (Å²) in [6, 6.07) is 0. The predicted molar refractivity (Wildman–Crippen MR) is 103 cm³/mol. The Hall–Kier alpha value is -0.0700. The number of amides is 1. The van der Waals surface area contributed by atoms with E-state index in [2.05, 4.69) is 17.1 Å². The Kier molecular flexibility index (Phi) is 10.8. The number of likely N-dealkylation sites (tertiary alicyclic amines) is 1. The normalized spacial score (nSPS) is 26.8. The molecule has 0 spiro atoms. The van der Waals surface area contributed by atoms with Crippen LogP contribution in [0.3, 0.4) is 0 Å². The van der Waals surface area contributed by atoms with E-state index in [1.807, 2.05) is 18.9 Å². The van der Waals surface area contributed by atoms with Crippen LogP contribution in [0.25, 0.3) is 0 Å². The number of piperidine rings is 2. The van der Waals surface area contributed by atoms with Crippen molar-refractivity contribution in [2.75, 3.05) is 46.3 Å². The fourth-order valence-electron chi connectivity index (χ4n) is 3.90. The van der Waals surface area contributed by atoms with Crippen LogP contribution in [0.4, 0.5) is 0 Å². The third-order valence-electron chi connectivity index (χ3n) is 5.22. The lowest BCUT2D eigenvalue weighted by atomic mass is 9.81. The van der Waals surface area contributed by atoms with Gasteiger partial charge < -0.3 is 20.2 Å². The zero-order chi connectivity index (χ0) is 16.2. The van der Waals surface area contributed by atoms with E-state index in [0.29, 0.717) is 11.8 Å². The smallest absolute Gasteiger partial charge is 0.229 e. The van der Waals surface area contributed by atoms with Crippen LogP contribution in [0, 0.1) is 11.3 Å². The molecule has 1 amide bonds. The lowest BCUT2D eigenvalue weighted by Gasteiger charge is -2.39. The fourth-order valence-corrected chi connectivity index (χ4v) is 3.90. The molecule has 0 aliphatic carbocycles. The average Bonchev–Trinajstić information content (AvgIpc) is 2.48. The van der Waals surface area contributed by atoms with E-state index in [4.69, 9.17) is 0 Å². The minimum absolute atomic E-state index is 0. The van der Waals surface area contributed by atoms with Crippen molar-refractivity contribution in [1.82, 2.24) is 15.1 Å². The van der Waals surface area contributed by atoms with Gasteiger partial charge in [-0.25, -0.2) is 0 Å². The van der Waals surface area contributed by atoms with Gasteiger partial charge in [0.05, 0.1) is 11.5 Å². The lowest BCUT2D eigenvalue weighted by Crippen LogP contribution is -2.50. The number of halogens is 2. The van der Waals surface area contributed by atoms with Crippen molar-refractivity contribution in [3.63, 3.8) is 0 Å². The monoisotopic (exact) mass is 383 g/mol. The van der Waals surface area contributed by atoms with E-state index in [-0.39, 0.29) is 36.3 Å². The maximum Gasteiger partial charge on any atom is 0.229 e. The molecule has 24 heavy (non-hydrogen) atoms. The van der Waals surface area contributed by atoms with E-state index in [9.17, 15) is 9.90 Å². The number of hydrogen-bond acceptors (Lipinski definition) is 4. The van der Waals surface area contributed by atoms with Crippen LogP contribution >= 0.6 is 24.8 Å². The topological polar surface area (TPSA) is 55.8 Å². The summed E-state index contributed by atoms with van der Waals surface area (Å²) in [6.07, 6.45) is 4.09. The van der Waals surface area contributed by atoms with E-state index < -0.39 is 0 Å². The quantitative estimate of drug-likeness (QED) is 0.759. The molecule has 0 aromatic heterocycles. The summed E-state index contributed by atoms with van der Waals surface area (Å²) in [5.41, 5.74) is -0.222. The Balaban J connectivity index is 0.00000264. The average molecular weight is 384 g/mol. The number of nitrogens with one attached hydrogen (secondary N) is 1. The highest BCUT2D eigenvalue weighted by Crippen LogP contribution is 2.28. The van der Waals surface area contributed by atoms with Crippen molar-refractivity contribution in [1.29, 1.82) is 0 Å². The summed E-state index contributed by atoms with van der Waals surface area (Å²) in [4.78, 5) is 17.0. The van der Waals surface area contributed by atoms with Crippen LogP contribution in [0.2, 0.25) is 0 Å². The van der Waals surface area contributed by atoms with Crippen molar-refractivity contribution >= 4 is 30.7 Å². The molecule has 2 atom stereocenters. The van der Waals surface area contributed by atoms with E-state index in [0.717, 1.165) is 65.0 Å². The van der Waals surface area contributed by atoms with Crippen molar-refractivity contribution < 1.29 is 9.90 Å². The van der Waals surface area contributed by atoms with Gasteiger partial charge in [-0.15, -0.1) is 24.8 Å². The first kappa shape index (κ1) is 23.9. The zero-order valence-corrected chi connectivity index (χ0v) is 16.9. The third-order valence-corrected chi connectivity index (χ3v) is 5.22. The highest BCUT2D eigenvalue weighted by molar-refractivity contribution is 5.85. The summed E-state index contributed by atoms with van der Waals surface area (Å²) < 4.78 is 0. The Morgan fingerprint density at radius 2 is 2.00 bits per heavy atom. The second kappa shape index (κ2) is 10.8. The molecule has 0 aromatic carbocycles. The predicted octanol–water partition coefficient (Wildman–Crippen LogP) is 1.77. The molecule has 5 nitrogen and oxygen atoms in total. The van der Waals surface area contributed by atoms with Gasteiger partial charge in [0, 0.05) is 26.7 Å². The first-order valence-electron chi connectivity index (χ1n) is 8.77. The van der Waals surface area contributed by atoms with Crippen LogP contribution in [0.1, 0.15) is 39.5 Å². The number of hydrogen-bond donors (Lipinski definition) is 2. The van der Waals surface area contributed by atoms with Crippen LogP contribution < -0.4 is 5.32 Å². The molecule has 2 saturated heterocycles. The number of aliphatic hydroxyl groups excluding tert-OH is 1. The number of rotatable bonds is 5. The van der Waals surface area contributed by atoms with Gasteiger partial charge in [-0.3, -0.25) is 4.79 Å². The highest BCUT2D eigenvalue weighted by atomic mass is 35.5. The van der Waals surface area contributed by atoms with E-state index >= 15 is 0 Å². The summed E-state index contributed by atoms with van der Waals surface area (Å²) in [7, 11) is 1.96. The van der Waals surface area contributed by atoms with Gasteiger partial charge in [-0.05, 0) is 65.1 Å². The minimum atomic E-state index is -0.250. The van der Waals surface area contributed by atoms with E-state index in [1.54, 1.807) is 0 Å². The largest absolute Gasteiger partial charge is 0.392 e. The number of nitrogens with zero attached hydrogens (tertiary/aromatic N) is 2. The Labute approximate surface area is 159 Å². The standard InChI is InChI=1S/C17H33N3O2.2ClH/c1-14(21)11-20-9-5-15(6-10-20)12-19(3)16(22)17(2)7-4-8-18-13-17;;/h14-15,18,21H,4-13H2,1-3H3;2*1H. The highest BCUT2D eigenvalue weighted by Gasteiger charge is 2.37. The van der Waals surface area contributed by atoms with E-state index in [1.165, 1.54) is 0 Å². The molecule has 2 rings (SSSR count). The molecular weight excluding hydrogens is 349 g/mol. The molecule has 0 bridgehead atoms. The number of β-amino-alcohol motifs (C(OH)–C–C–N with tert-alkyl or cyclic N) is 1. The van der Waals surface area contributed by atoms with Gasteiger partial charge in [-0.1, -0.05) is 0 Å². The zero-order valence-electron chi connectivity index (χ0n) is 15.3. The third kappa shape index (κ3) is 6.68. The number of carbonyl (C=O) groups is 1.